The van der Waals surface area contributed by atoms with Gasteiger partial charge in [0.2, 0.25) is 0 Å². The maximum absolute atomic E-state index is 10.2. The van der Waals surface area contributed by atoms with Gasteiger partial charge in [-0.2, -0.15) is 0 Å². The molecule has 0 amide bonds. The van der Waals surface area contributed by atoms with Gasteiger partial charge in [-0.1, -0.05) is 24.3 Å². The van der Waals surface area contributed by atoms with Crippen molar-refractivity contribution in [2.75, 3.05) is 7.11 Å². The second-order valence-corrected chi connectivity index (χ2v) is 2.16. The average Bonchev–Trinajstić information content (AvgIpc) is 2.21. The van der Waals surface area contributed by atoms with Gasteiger partial charge in [0.1, 0.15) is 6.29 Å². The first-order valence-electron chi connectivity index (χ1n) is 3.60. The van der Waals surface area contributed by atoms with Gasteiger partial charge < -0.3 is 15.2 Å². The Hall–Kier alpha value is -1.17. The smallest absolute Gasteiger partial charge is 0.423 e. The van der Waals surface area contributed by atoms with Crippen LogP contribution >= 0.6 is 0 Å². The fourth-order valence-corrected chi connectivity index (χ4v) is 0.793. The van der Waals surface area contributed by atoms with Gasteiger partial charge in [-0.15, -0.1) is 0 Å². The second-order valence-electron chi connectivity index (χ2n) is 2.16. The van der Waals surface area contributed by atoms with E-state index in [1.54, 1.807) is 12.1 Å². The van der Waals surface area contributed by atoms with Crippen LogP contribution in [0.2, 0.25) is 0 Å². The highest BCUT2D eigenvalue weighted by atomic mass is 16.4. The van der Waals surface area contributed by atoms with E-state index < -0.39 is 7.12 Å². The van der Waals surface area contributed by atoms with E-state index in [0.717, 1.165) is 7.11 Å². The van der Waals surface area contributed by atoms with Gasteiger partial charge in [0, 0.05) is 12.7 Å². The molecular formula is C8H11BO4. The Balaban J connectivity index is 0.000000671. The summed E-state index contributed by atoms with van der Waals surface area (Å²) in [7, 11) is -0.505. The van der Waals surface area contributed by atoms with Crippen molar-refractivity contribution in [2.45, 2.75) is 0 Å². The van der Waals surface area contributed by atoms with E-state index in [4.69, 9.17) is 15.2 Å². The molecule has 4 nitrogen and oxygen atoms in total. The van der Waals surface area contributed by atoms with Crippen LogP contribution in [-0.2, 0) is 0 Å². The van der Waals surface area contributed by atoms with E-state index in [0.29, 0.717) is 17.3 Å². The fraction of sp³-hybridized carbons (Fsp3) is 0.125. The maximum Gasteiger partial charge on any atom is 0.488 e. The molecule has 13 heavy (non-hydrogen) atoms. The number of hydrogen-bond acceptors (Lipinski definition) is 4. The summed E-state index contributed by atoms with van der Waals surface area (Å²) in [6.07, 6.45) is 0.659. The molecule has 3 N–H and O–H groups in total. The first kappa shape index (κ1) is 11.8. The summed E-state index contributed by atoms with van der Waals surface area (Å²) < 4.78 is 0. The van der Waals surface area contributed by atoms with Crippen LogP contribution in [-0.4, -0.2) is 35.7 Å². The van der Waals surface area contributed by atoms with Crippen molar-refractivity contribution in [3.05, 3.63) is 29.8 Å². The third kappa shape index (κ3) is 3.84. The van der Waals surface area contributed by atoms with Crippen LogP contribution in [0.3, 0.4) is 0 Å². The Kier molecular flexibility index (Phi) is 5.79. The molecule has 1 aromatic carbocycles. The Labute approximate surface area is 76.6 Å². The van der Waals surface area contributed by atoms with Gasteiger partial charge in [0.15, 0.2) is 0 Å². The molecule has 0 aliphatic rings. The Morgan fingerprint density at radius 1 is 1.31 bits per heavy atom. The lowest BCUT2D eigenvalue weighted by atomic mass is 9.80. The Bertz CT molecular complexity index is 262. The highest BCUT2D eigenvalue weighted by Gasteiger charge is 2.09. The maximum atomic E-state index is 10.2. The third-order valence-corrected chi connectivity index (χ3v) is 1.34. The van der Waals surface area contributed by atoms with Crippen LogP contribution in [0.1, 0.15) is 10.4 Å². The Morgan fingerprint density at radius 2 is 1.92 bits per heavy atom. The highest BCUT2D eigenvalue weighted by Crippen LogP contribution is 1.91. The molecule has 5 heteroatoms. The predicted octanol–water partition coefficient (Wildman–Crippen LogP) is -1.21. The normalized spacial score (nSPS) is 8.31. The summed E-state index contributed by atoms with van der Waals surface area (Å²) in [5, 5.41) is 24.4. The number of hydrogen-bond donors (Lipinski definition) is 3. The number of aliphatic hydroxyl groups is 1. The van der Waals surface area contributed by atoms with E-state index >= 15 is 0 Å². The monoisotopic (exact) mass is 182 g/mol. The molecule has 1 aromatic rings. The summed E-state index contributed by atoms with van der Waals surface area (Å²) in [5.74, 6) is 0. The minimum absolute atomic E-state index is 0.328. The fourth-order valence-electron chi connectivity index (χ4n) is 0.793. The van der Waals surface area contributed by atoms with Crippen molar-refractivity contribution in [1.82, 2.24) is 0 Å². The molecule has 0 saturated heterocycles. The van der Waals surface area contributed by atoms with Crippen LogP contribution in [0.25, 0.3) is 0 Å². The largest absolute Gasteiger partial charge is 0.488 e. The summed E-state index contributed by atoms with van der Waals surface area (Å²) in [6.45, 7) is 0. The first-order valence-corrected chi connectivity index (χ1v) is 3.60. The topological polar surface area (TPSA) is 77.8 Å². The lowest BCUT2D eigenvalue weighted by molar-refractivity contribution is 0.112. The van der Waals surface area contributed by atoms with Crippen LogP contribution in [0, 0.1) is 0 Å². The number of carbonyl (C=O) groups excluding carboxylic acids is 1. The molecular weight excluding hydrogens is 171 g/mol. The van der Waals surface area contributed by atoms with Gasteiger partial charge in [-0.05, 0) is 5.46 Å². The number of aliphatic hydroxyl groups excluding tert-OH is 1. The zero-order valence-electron chi connectivity index (χ0n) is 7.21. The highest BCUT2D eigenvalue weighted by molar-refractivity contribution is 6.58. The van der Waals surface area contributed by atoms with E-state index in [1.807, 2.05) is 0 Å². The van der Waals surface area contributed by atoms with Crippen molar-refractivity contribution in [3.63, 3.8) is 0 Å². The predicted molar refractivity (Wildman–Crippen MR) is 49.8 cm³/mol. The molecule has 0 aliphatic heterocycles. The molecule has 1 rings (SSSR count). The van der Waals surface area contributed by atoms with E-state index in [2.05, 4.69) is 0 Å². The molecule has 0 spiro atoms. The molecule has 0 bridgehead atoms. The summed E-state index contributed by atoms with van der Waals surface area (Å²) >= 11 is 0. The van der Waals surface area contributed by atoms with Crippen molar-refractivity contribution in [3.8, 4) is 0 Å². The SMILES string of the molecule is CO.O=Cc1cccc(B(O)O)c1. The lowest BCUT2D eigenvalue weighted by Gasteiger charge is -1.97. The number of aldehydes is 1. The van der Waals surface area contributed by atoms with Gasteiger partial charge in [-0.25, -0.2) is 0 Å². The van der Waals surface area contributed by atoms with Crippen LogP contribution in [0.5, 0.6) is 0 Å². The van der Waals surface area contributed by atoms with Gasteiger partial charge in [-0.3, -0.25) is 4.79 Å². The zero-order chi connectivity index (χ0) is 10.3. The molecule has 0 aromatic heterocycles. The molecule has 0 fully saturated rings. The van der Waals surface area contributed by atoms with E-state index in [9.17, 15) is 4.79 Å². The number of rotatable bonds is 2. The summed E-state index contributed by atoms with van der Waals surface area (Å²) in [4.78, 5) is 10.2. The van der Waals surface area contributed by atoms with Crippen LogP contribution < -0.4 is 5.46 Å². The number of carbonyl (C=O) groups is 1. The summed E-state index contributed by atoms with van der Waals surface area (Å²) in [5.41, 5.74) is 0.769. The summed E-state index contributed by atoms with van der Waals surface area (Å²) in [6, 6.07) is 6.16. The van der Waals surface area contributed by atoms with Crippen molar-refractivity contribution in [2.24, 2.45) is 0 Å². The second kappa shape index (κ2) is 6.36. The lowest BCUT2D eigenvalue weighted by Crippen LogP contribution is -2.29. The standard InChI is InChI=1S/C7H7BO3.CH4O/c9-5-6-2-1-3-7(4-6)8(10)11;1-2/h1-5,10-11H;2H,1H3. The van der Waals surface area contributed by atoms with Crippen molar-refractivity contribution >= 4 is 18.9 Å². The zero-order valence-corrected chi connectivity index (χ0v) is 7.21. The molecule has 0 atom stereocenters. The van der Waals surface area contributed by atoms with E-state index in [1.165, 1.54) is 12.1 Å². The van der Waals surface area contributed by atoms with Gasteiger partial charge in [0.25, 0.3) is 0 Å². The van der Waals surface area contributed by atoms with Crippen molar-refractivity contribution < 1.29 is 19.9 Å². The van der Waals surface area contributed by atoms with Crippen LogP contribution in [0.15, 0.2) is 24.3 Å². The molecule has 0 saturated carbocycles. The molecule has 0 aliphatic carbocycles. The first-order chi connectivity index (χ1) is 6.24. The molecule has 0 radical (unpaired) electrons. The quantitative estimate of drug-likeness (QED) is 0.396. The average molecular weight is 182 g/mol. The molecule has 70 valence electrons. The minimum atomic E-state index is -1.50. The third-order valence-electron chi connectivity index (χ3n) is 1.34. The van der Waals surface area contributed by atoms with Gasteiger partial charge in [0.05, 0.1) is 0 Å². The molecule has 0 heterocycles. The molecule has 0 unspecified atom stereocenters. The number of benzene rings is 1. The van der Waals surface area contributed by atoms with E-state index in [-0.39, 0.29) is 0 Å². The minimum Gasteiger partial charge on any atom is -0.423 e. The van der Waals surface area contributed by atoms with Crippen LogP contribution in [0.4, 0.5) is 0 Å². The van der Waals surface area contributed by atoms with Crippen molar-refractivity contribution in [1.29, 1.82) is 0 Å². The Morgan fingerprint density at radius 3 is 2.38 bits per heavy atom. The van der Waals surface area contributed by atoms with Gasteiger partial charge >= 0.3 is 7.12 Å².